The smallest absolute Gasteiger partial charge is 0.158 e. The van der Waals surface area contributed by atoms with Crippen LogP contribution in [0.15, 0.2) is 23.6 Å². The fourth-order valence-electron chi connectivity index (χ4n) is 1.37. The van der Waals surface area contributed by atoms with Crippen LogP contribution in [-0.2, 0) is 4.74 Å². The lowest BCUT2D eigenvalue weighted by Crippen LogP contribution is -2.23. The van der Waals surface area contributed by atoms with Crippen molar-refractivity contribution in [1.82, 2.24) is 5.32 Å². The van der Waals surface area contributed by atoms with Crippen molar-refractivity contribution < 1.29 is 4.74 Å². The van der Waals surface area contributed by atoms with E-state index in [0.29, 0.717) is 6.73 Å². The standard InChI is InChI=1S/C8H11NO/c1-2-4-8-7(3-1)5-10-6-9-8/h4-5,9H,1-3,6H2. The van der Waals surface area contributed by atoms with Crippen molar-refractivity contribution in [2.24, 2.45) is 0 Å². The molecule has 0 saturated carbocycles. The highest BCUT2D eigenvalue weighted by Crippen LogP contribution is 2.23. The fraction of sp³-hybridized carbons (Fsp3) is 0.500. The molecule has 0 fully saturated rings. The van der Waals surface area contributed by atoms with Crippen LogP contribution < -0.4 is 5.32 Å². The first-order valence-electron chi connectivity index (χ1n) is 3.72. The van der Waals surface area contributed by atoms with E-state index in [2.05, 4.69) is 11.4 Å². The lowest BCUT2D eigenvalue weighted by Gasteiger charge is -2.22. The molecule has 1 N–H and O–H groups in total. The minimum absolute atomic E-state index is 0.634. The Kier molecular flexibility index (Phi) is 1.38. The molecule has 1 aliphatic heterocycles. The van der Waals surface area contributed by atoms with E-state index < -0.39 is 0 Å². The summed E-state index contributed by atoms with van der Waals surface area (Å²) in [6.45, 7) is 0.634. The second-order valence-electron chi connectivity index (χ2n) is 2.64. The van der Waals surface area contributed by atoms with Gasteiger partial charge in [0.15, 0.2) is 6.73 Å². The first kappa shape index (κ1) is 5.83. The molecule has 1 aliphatic carbocycles. The second kappa shape index (κ2) is 2.37. The van der Waals surface area contributed by atoms with Gasteiger partial charge in [-0.15, -0.1) is 0 Å². The topological polar surface area (TPSA) is 21.3 Å². The molecular formula is C8H11NO. The molecule has 2 aliphatic rings. The molecule has 0 bridgehead atoms. The molecule has 2 heteroatoms. The average molecular weight is 137 g/mol. The van der Waals surface area contributed by atoms with Gasteiger partial charge in [-0.3, -0.25) is 0 Å². The summed E-state index contributed by atoms with van der Waals surface area (Å²) < 4.78 is 5.12. The molecule has 0 spiro atoms. The van der Waals surface area contributed by atoms with Crippen molar-refractivity contribution >= 4 is 0 Å². The van der Waals surface area contributed by atoms with E-state index in [9.17, 15) is 0 Å². The van der Waals surface area contributed by atoms with Crippen LogP contribution in [-0.4, -0.2) is 6.73 Å². The van der Waals surface area contributed by atoms with Crippen molar-refractivity contribution in [3.05, 3.63) is 23.6 Å². The van der Waals surface area contributed by atoms with Crippen molar-refractivity contribution in [3.8, 4) is 0 Å². The maximum Gasteiger partial charge on any atom is 0.158 e. The molecule has 0 amide bonds. The average Bonchev–Trinajstić information content (AvgIpc) is 2.05. The highest BCUT2D eigenvalue weighted by molar-refractivity contribution is 5.31. The van der Waals surface area contributed by atoms with Crippen LogP contribution in [0.2, 0.25) is 0 Å². The van der Waals surface area contributed by atoms with Crippen LogP contribution in [0.4, 0.5) is 0 Å². The SMILES string of the molecule is C1=C2CCCC=C2NCO1. The Morgan fingerprint density at radius 3 is 3.40 bits per heavy atom. The van der Waals surface area contributed by atoms with Gasteiger partial charge < -0.3 is 10.1 Å². The summed E-state index contributed by atoms with van der Waals surface area (Å²) in [5.74, 6) is 0. The maximum absolute atomic E-state index is 5.12. The third-order valence-corrected chi connectivity index (χ3v) is 1.92. The number of nitrogens with one attached hydrogen (secondary N) is 1. The van der Waals surface area contributed by atoms with Gasteiger partial charge in [0.1, 0.15) is 0 Å². The van der Waals surface area contributed by atoms with E-state index in [-0.39, 0.29) is 0 Å². The molecule has 0 aromatic carbocycles. The quantitative estimate of drug-likeness (QED) is 0.546. The maximum atomic E-state index is 5.12. The second-order valence-corrected chi connectivity index (χ2v) is 2.64. The highest BCUT2D eigenvalue weighted by atomic mass is 16.5. The minimum Gasteiger partial charge on any atom is -0.481 e. The summed E-state index contributed by atoms with van der Waals surface area (Å²) in [4.78, 5) is 0. The normalized spacial score (nSPS) is 23.2. The molecule has 0 aromatic heterocycles. The van der Waals surface area contributed by atoms with Crippen LogP contribution in [0.5, 0.6) is 0 Å². The summed E-state index contributed by atoms with van der Waals surface area (Å²) >= 11 is 0. The summed E-state index contributed by atoms with van der Waals surface area (Å²) in [5.41, 5.74) is 2.62. The van der Waals surface area contributed by atoms with Crippen molar-refractivity contribution in [3.63, 3.8) is 0 Å². The van der Waals surface area contributed by atoms with Crippen molar-refractivity contribution in [1.29, 1.82) is 0 Å². The zero-order valence-corrected chi connectivity index (χ0v) is 5.89. The molecule has 0 aromatic rings. The Bertz CT molecular complexity index is 171. The number of ether oxygens (including phenoxy) is 1. The zero-order valence-electron chi connectivity index (χ0n) is 5.89. The Hall–Kier alpha value is -0.920. The first-order chi connectivity index (χ1) is 4.97. The fourth-order valence-corrected chi connectivity index (χ4v) is 1.37. The van der Waals surface area contributed by atoms with Crippen LogP contribution in [0.3, 0.4) is 0 Å². The van der Waals surface area contributed by atoms with Gasteiger partial charge in [-0.1, -0.05) is 6.08 Å². The van der Waals surface area contributed by atoms with Gasteiger partial charge in [0.25, 0.3) is 0 Å². The van der Waals surface area contributed by atoms with Gasteiger partial charge in [-0.05, 0) is 19.3 Å². The highest BCUT2D eigenvalue weighted by Gasteiger charge is 2.12. The van der Waals surface area contributed by atoms with E-state index in [4.69, 9.17) is 4.74 Å². The molecule has 2 rings (SSSR count). The summed E-state index contributed by atoms with van der Waals surface area (Å²) in [5, 5.41) is 3.19. The van der Waals surface area contributed by atoms with Gasteiger partial charge in [-0.25, -0.2) is 0 Å². The summed E-state index contributed by atoms with van der Waals surface area (Å²) in [6.07, 6.45) is 7.76. The lowest BCUT2D eigenvalue weighted by atomic mass is 9.99. The summed E-state index contributed by atoms with van der Waals surface area (Å²) in [6, 6.07) is 0. The van der Waals surface area contributed by atoms with Crippen LogP contribution in [0, 0.1) is 0 Å². The Balaban J connectivity index is 2.25. The zero-order chi connectivity index (χ0) is 6.81. The predicted molar refractivity (Wildman–Crippen MR) is 39.1 cm³/mol. The molecule has 1 heterocycles. The molecule has 54 valence electrons. The number of hydrogen-bond acceptors (Lipinski definition) is 2. The van der Waals surface area contributed by atoms with Gasteiger partial charge in [0, 0.05) is 11.3 Å². The number of rotatable bonds is 0. The van der Waals surface area contributed by atoms with E-state index in [1.807, 2.05) is 6.26 Å². The Morgan fingerprint density at radius 2 is 2.50 bits per heavy atom. The third-order valence-electron chi connectivity index (χ3n) is 1.92. The van der Waals surface area contributed by atoms with Crippen molar-refractivity contribution in [2.75, 3.05) is 6.73 Å². The number of fused-ring (bicyclic) bond motifs is 1. The number of hydrogen-bond donors (Lipinski definition) is 1. The predicted octanol–water partition coefficient (Wildman–Crippen LogP) is 1.52. The van der Waals surface area contributed by atoms with E-state index >= 15 is 0 Å². The first-order valence-corrected chi connectivity index (χ1v) is 3.72. The molecule has 0 radical (unpaired) electrons. The monoisotopic (exact) mass is 137 g/mol. The molecular weight excluding hydrogens is 126 g/mol. The van der Waals surface area contributed by atoms with E-state index in [1.54, 1.807) is 0 Å². The Labute approximate surface area is 60.6 Å². The molecule has 2 nitrogen and oxygen atoms in total. The summed E-state index contributed by atoms with van der Waals surface area (Å²) in [7, 11) is 0. The lowest BCUT2D eigenvalue weighted by molar-refractivity contribution is 0.216. The minimum atomic E-state index is 0.634. The molecule has 0 atom stereocenters. The Morgan fingerprint density at radius 1 is 1.50 bits per heavy atom. The van der Waals surface area contributed by atoms with Gasteiger partial charge in [0.05, 0.1) is 6.26 Å². The van der Waals surface area contributed by atoms with E-state index in [0.717, 1.165) is 0 Å². The molecule has 10 heavy (non-hydrogen) atoms. The van der Waals surface area contributed by atoms with Gasteiger partial charge in [0.2, 0.25) is 0 Å². The molecule has 0 unspecified atom stereocenters. The largest absolute Gasteiger partial charge is 0.481 e. The molecule has 0 saturated heterocycles. The van der Waals surface area contributed by atoms with Crippen molar-refractivity contribution in [2.45, 2.75) is 19.3 Å². The van der Waals surface area contributed by atoms with E-state index in [1.165, 1.54) is 30.5 Å². The van der Waals surface area contributed by atoms with Gasteiger partial charge in [-0.2, -0.15) is 0 Å². The third kappa shape index (κ3) is 0.897. The van der Waals surface area contributed by atoms with Crippen LogP contribution in [0.1, 0.15) is 19.3 Å². The van der Waals surface area contributed by atoms with Gasteiger partial charge >= 0.3 is 0 Å². The van der Waals surface area contributed by atoms with Crippen LogP contribution in [0.25, 0.3) is 0 Å². The van der Waals surface area contributed by atoms with Crippen LogP contribution >= 0.6 is 0 Å². The number of allylic oxidation sites excluding steroid dienone is 2.